The van der Waals surface area contributed by atoms with Gasteiger partial charge in [-0.1, -0.05) is 24.3 Å². The molecule has 2 amide bonds. The predicted molar refractivity (Wildman–Crippen MR) is 135 cm³/mol. The van der Waals surface area contributed by atoms with Crippen LogP contribution in [-0.2, 0) is 27.4 Å². The maximum absolute atomic E-state index is 12.9. The Balaban J connectivity index is 0.00000342. The number of hydrogen-bond acceptors (Lipinski definition) is 6. The topological polar surface area (TPSA) is 100 Å². The summed E-state index contributed by atoms with van der Waals surface area (Å²) in [5.74, 6) is 1.14. The highest BCUT2D eigenvalue weighted by Gasteiger charge is 2.28. The molecule has 9 heteroatoms. The molecule has 0 saturated carbocycles. The van der Waals surface area contributed by atoms with Gasteiger partial charge < -0.3 is 30.1 Å². The lowest BCUT2D eigenvalue weighted by atomic mass is 10.0. The lowest BCUT2D eigenvalue weighted by molar-refractivity contribution is -0.137. The summed E-state index contributed by atoms with van der Waals surface area (Å²) in [5.41, 5.74) is 2.01. The monoisotopic (exact) mass is 503 g/mol. The van der Waals surface area contributed by atoms with Crippen LogP contribution in [0.1, 0.15) is 30.4 Å². The van der Waals surface area contributed by atoms with Gasteiger partial charge in [-0.3, -0.25) is 9.59 Å². The van der Waals surface area contributed by atoms with Crippen LogP contribution in [0.3, 0.4) is 0 Å². The lowest BCUT2D eigenvalue weighted by Crippen LogP contribution is -2.56. The molecule has 0 aromatic heterocycles. The van der Waals surface area contributed by atoms with E-state index in [1.54, 1.807) is 0 Å². The number of rotatable bonds is 3. The van der Waals surface area contributed by atoms with E-state index in [4.69, 9.17) is 9.47 Å². The maximum Gasteiger partial charge on any atom is 0.239 e. The van der Waals surface area contributed by atoms with Gasteiger partial charge in [-0.15, -0.1) is 12.4 Å². The zero-order chi connectivity index (χ0) is 23.8. The fraction of sp³-hybridized carbons (Fsp3) is 0.462. The van der Waals surface area contributed by atoms with Crippen LogP contribution >= 0.6 is 12.4 Å². The van der Waals surface area contributed by atoms with Gasteiger partial charge in [0.25, 0.3) is 0 Å². The standard InChI is InChI=1S/C26H33N3O5.ClH/c30-14-2-13-29-17-25(31)28-23-16-27-12-11-24(23)33-18-20-3-1-4-22(15-20)34-21-8-5-19(6-9-21)7-10-26(29)32;/h1,3-6,8-9,15,23-24,27,30H,2,7,10-14,16-18H2,(H,28,31);1H/t23-,24-;/m0./s1. The van der Waals surface area contributed by atoms with Crippen LogP contribution in [0.2, 0.25) is 0 Å². The van der Waals surface area contributed by atoms with E-state index in [0.717, 1.165) is 35.6 Å². The molecule has 3 N–H and O–H groups in total. The molecule has 3 aliphatic heterocycles. The number of aliphatic hydroxyl groups excluding tert-OH is 1. The number of hydrogen-bond donors (Lipinski definition) is 3. The van der Waals surface area contributed by atoms with Crippen molar-refractivity contribution < 1.29 is 24.2 Å². The molecule has 0 aliphatic carbocycles. The van der Waals surface area contributed by atoms with E-state index in [-0.39, 0.29) is 55.9 Å². The molecule has 0 spiro atoms. The Hall–Kier alpha value is -2.65. The number of benzene rings is 2. The van der Waals surface area contributed by atoms with Crippen molar-refractivity contribution in [2.75, 3.05) is 32.8 Å². The molecule has 1 saturated heterocycles. The number of aliphatic hydroxyl groups is 1. The van der Waals surface area contributed by atoms with E-state index in [1.807, 2.05) is 48.5 Å². The molecule has 4 bridgehead atoms. The highest BCUT2D eigenvalue weighted by atomic mass is 35.5. The molecule has 3 aliphatic rings. The van der Waals surface area contributed by atoms with Crippen molar-refractivity contribution in [1.82, 2.24) is 15.5 Å². The molecular formula is C26H34ClN3O5. The number of ether oxygens (including phenoxy) is 2. The Morgan fingerprint density at radius 1 is 1.03 bits per heavy atom. The average Bonchev–Trinajstić information content (AvgIpc) is 2.85. The molecule has 35 heavy (non-hydrogen) atoms. The number of piperidine rings is 1. The van der Waals surface area contributed by atoms with Crippen molar-refractivity contribution in [3.05, 3.63) is 59.7 Å². The van der Waals surface area contributed by atoms with E-state index >= 15 is 0 Å². The minimum Gasteiger partial charge on any atom is -0.457 e. The number of halogens is 1. The van der Waals surface area contributed by atoms with Crippen molar-refractivity contribution in [3.63, 3.8) is 0 Å². The first-order valence-electron chi connectivity index (χ1n) is 12.0. The molecule has 8 nitrogen and oxygen atoms in total. The van der Waals surface area contributed by atoms with Gasteiger partial charge in [0.1, 0.15) is 11.5 Å². The second-order valence-electron chi connectivity index (χ2n) is 8.80. The van der Waals surface area contributed by atoms with Crippen molar-refractivity contribution >= 4 is 24.2 Å². The molecule has 2 aromatic rings. The minimum absolute atomic E-state index is 0. The van der Waals surface area contributed by atoms with Gasteiger partial charge in [0.2, 0.25) is 11.8 Å². The summed E-state index contributed by atoms with van der Waals surface area (Å²) >= 11 is 0. The third kappa shape index (κ3) is 7.93. The summed E-state index contributed by atoms with van der Waals surface area (Å²) in [6.45, 7) is 2.12. The SMILES string of the molecule is Cl.O=C1CN(CCCO)C(=O)CCc2ccc(cc2)Oc2cccc(c2)CO[C@H]2CCNC[C@@H]2N1. The van der Waals surface area contributed by atoms with Gasteiger partial charge in [0.05, 0.1) is 25.3 Å². The van der Waals surface area contributed by atoms with Crippen LogP contribution in [-0.4, -0.2) is 66.8 Å². The zero-order valence-corrected chi connectivity index (χ0v) is 20.6. The molecule has 2 aromatic carbocycles. The number of fused-ring (bicyclic) bond motifs is 9. The Bertz CT molecular complexity index is 972. The van der Waals surface area contributed by atoms with Gasteiger partial charge in [-0.2, -0.15) is 0 Å². The molecule has 190 valence electrons. The van der Waals surface area contributed by atoms with E-state index in [2.05, 4.69) is 10.6 Å². The van der Waals surface area contributed by atoms with Crippen LogP contribution in [0.15, 0.2) is 48.5 Å². The predicted octanol–water partition coefficient (Wildman–Crippen LogP) is 2.42. The molecule has 3 heterocycles. The molecule has 0 unspecified atom stereocenters. The van der Waals surface area contributed by atoms with Crippen molar-refractivity contribution in [2.45, 2.75) is 44.4 Å². The fourth-order valence-electron chi connectivity index (χ4n) is 4.33. The van der Waals surface area contributed by atoms with Gasteiger partial charge in [-0.05, 0) is 61.2 Å². The van der Waals surface area contributed by atoms with Crippen molar-refractivity contribution in [3.8, 4) is 11.5 Å². The van der Waals surface area contributed by atoms with E-state index in [1.165, 1.54) is 4.90 Å². The summed E-state index contributed by atoms with van der Waals surface area (Å²) in [7, 11) is 0. The first-order chi connectivity index (χ1) is 16.6. The van der Waals surface area contributed by atoms with Crippen LogP contribution < -0.4 is 15.4 Å². The van der Waals surface area contributed by atoms with Gasteiger partial charge >= 0.3 is 0 Å². The van der Waals surface area contributed by atoms with Crippen LogP contribution in [0.25, 0.3) is 0 Å². The molecular weight excluding hydrogens is 470 g/mol. The van der Waals surface area contributed by atoms with Crippen molar-refractivity contribution in [1.29, 1.82) is 0 Å². The smallest absolute Gasteiger partial charge is 0.239 e. The first kappa shape index (κ1) is 26.9. The Morgan fingerprint density at radius 2 is 1.86 bits per heavy atom. The molecule has 2 atom stereocenters. The number of carbonyl (C=O) groups excluding carboxylic acids is 2. The highest BCUT2D eigenvalue weighted by Crippen LogP contribution is 2.24. The van der Waals surface area contributed by atoms with Gasteiger partial charge in [-0.25, -0.2) is 0 Å². The van der Waals surface area contributed by atoms with E-state index in [0.29, 0.717) is 32.5 Å². The fourth-order valence-corrected chi connectivity index (χ4v) is 4.33. The third-order valence-electron chi connectivity index (χ3n) is 6.19. The highest BCUT2D eigenvalue weighted by molar-refractivity contribution is 5.85. The largest absolute Gasteiger partial charge is 0.457 e. The first-order valence-corrected chi connectivity index (χ1v) is 12.0. The second-order valence-corrected chi connectivity index (χ2v) is 8.80. The minimum atomic E-state index is -0.216. The molecule has 5 rings (SSSR count). The molecule has 1 fully saturated rings. The zero-order valence-electron chi connectivity index (χ0n) is 19.8. The average molecular weight is 504 g/mol. The summed E-state index contributed by atoms with van der Waals surface area (Å²) in [4.78, 5) is 27.3. The summed E-state index contributed by atoms with van der Waals surface area (Å²) in [5, 5.41) is 15.6. The Kier molecular flexibility index (Phi) is 10.3. The quantitative estimate of drug-likeness (QED) is 0.595. The second kappa shape index (κ2) is 13.4. The summed E-state index contributed by atoms with van der Waals surface area (Å²) in [6, 6.07) is 15.3. The number of carbonyl (C=O) groups is 2. The normalized spacial score (nSPS) is 21.5. The third-order valence-corrected chi connectivity index (χ3v) is 6.19. The lowest BCUT2D eigenvalue weighted by Gasteiger charge is -2.33. The van der Waals surface area contributed by atoms with Gasteiger partial charge in [0, 0.05) is 26.1 Å². The van der Waals surface area contributed by atoms with Gasteiger partial charge in [0.15, 0.2) is 0 Å². The number of nitrogens with zero attached hydrogens (tertiary/aromatic N) is 1. The van der Waals surface area contributed by atoms with Crippen LogP contribution in [0.4, 0.5) is 0 Å². The Labute approximate surface area is 212 Å². The summed E-state index contributed by atoms with van der Waals surface area (Å²) in [6.07, 6.45) is 1.93. The molecule has 0 radical (unpaired) electrons. The Morgan fingerprint density at radius 3 is 2.66 bits per heavy atom. The van der Waals surface area contributed by atoms with Crippen LogP contribution in [0.5, 0.6) is 11.5 Å². The van der Waals surface area contributed by atoms with E-state index < -0.39 is 0 Å². The number of nitrogens with one attached hydrogen (secondary N) is 2. The summed E-state index contributed by atoms with van der Waals surface area (Å²) < 4.78 is 12.2. The number of aryl methyl sites for hydroxylation is 1. The van der Waals surface area contributed by atoms with E-state index in [9.17, 15) is 14.7 Å². The number of amides is 2. The van der Waals surface area contributed by atoms with Crippen molar-refractivity contribution in [2.24, 2.45) is 0 Å². The van der Waals surface area contributed by atoms with Crippen LogP contribution in [0, 0.1) is 0 Å². The maximum atomic E-state index is 12.9.